The molecular formula is C13H22F3N3O. The predicted molar refractivity (Wildman–Crippen MR) is 69.3 cm³/mol. The van der Waals surface area contributed by atoms with E-state index in [4.69, 9.17) is 0 Å². The van der Waals surface area contributed by atoms with Crippen LogP contribution in [-0.4, -0.2) is 55.7 Å². The third-order valence-corrected chi connectivity index (χ3v) is 4.45. The summed E-state index contributed by atoms with van der Waals surface area (Å²) in [4.78, 5) is 14.2. The average molecular weight is 293 g/mol. The number of nitrogens with one attached hydrogen (secondary N) is 2. The van der Waals surface area contributed by atoms with Crippen molar-refractivity contribution in [2.75, 3.05) is 32.7 Å². The lowest BCUT2D eigenvalue weighted by atomic mass is 9.85. The minimum absolute atomic E-state index is 0.0843. The van der Waals surface area contributed by atoms with Gasteiger partial charge in [0.05, 0.1) is 0 Å². The molecule has 0 aromatic carbocycles. The Kier molecular flexibility index (Phi) is 4.59. The van der Waals surface area contributed by atoms with Gasteiger partial charge in [0.25, 0.3) is 0 Å². The molecule has 2 aliphatic rings. The van der Waals surface area contributed by atoms with E-state index in [-0.39, 0.29) is 32.1 Å². The molecule has 116 valence electrons. The molecule has 0 saturated carbocycles. The number of nitrogens with zero attached hydrogens (tertiary/aromatic N) is 1. The molecule has 2 N–H and O–H groups in total. The standard InChI is InChI=1S/C13H22F3N3O/c1-10(19-6-2-3-7-19)8-18-11(20)12(13(14,15)16)4-5-17-9-12/h10,17H,2-9H2,1H3,(H,18,20). The number of hydrogen-bond donors (Lipinski definition) is 2. The van der Waals surface area contributed by atoms with Gasteiger partial charge in [-0.15, -0.1) is 0 Å². The molecule has 2 fully saturated rings. The Morgan fingerprint density at radius 1 is 1.40 bits per heavy atom. The van der Waals surface area contributed by atoms with Crippen LogP contribution in [0.1, 0.15) is 26.2 Å². The lowest BCUT2D eigenvalue weighted by Gasteiger charge is -2.31. The summed E-state index contributed by atoms with van der Waals surface area (Å²) in [6, 6.07) is 0.0843. The van der Waals surface area contributed by atoms with Crippen LogP contribution in [0.3, 0.4) is 0 Å². The highest BCUT2D eigenvalue weighted by molar-refractivity contribution is 5.84. The Hall–Kier alpha value is -0.820. The monoisotopic (exact) mass is 293 g/mol. The number of carbonyl (C=O) groups excluding carboxylic acids is 1. The van der Waals surface area contributed by atoms with Crippen LogP contribution in [0.5, 0.6) is 0 Å². The minimum atomic E-state index is -4.50. The molecule has 0 aromatic heterocycles. The number of amides is 1. The van der Waals surface area contributed by atoms with Gasteiger partial charge < -0.3 is 10.6 Å². The third kappa shape index (κ3) is 2.93. The molecule has 1 amide bonds. The van der Waals surface area contributed by atoms with Gasteiger partial charge in [-0.1, -0.05) is 0 Å². The third-order valence-electron chi connectivity index (χ3n) is 4.45. The van der Waals surface area contributed by atoms with E-state index in [9.17, 15) is 18.0 Å². The average Bonchev–Trinajstić information content (AvgIpc) is 3.04. The van der Waals surface area contributed by atoms with Crippen molar-refractivity contribution < 1.29 is 18.0 Å². The fourth-order valence-corrected chi connectivity index (χ4v) is 2.98. The van der Waals surface area contributed by atoms with Crippen molar-refractivity contribution in [3.05, 3.63) is 0 Å². The predicted octanol–water partition coefficient (Wildman–Crippen LogP) is 1.13. The summed E-state index contributed by atoms with van der Waals surface area (Å²) in [7, 11) is 0. The van der Waals surface area contributed by atoms with Gasteiger partial charge in [0.15, 0.2) is 5.41 Å². The van der Waals surface area contributed by atoms with Gasteiger partial charge >= 0.3 is 6.18 Å². The molecule has 2 aliphatic heterocycles. The topological polar surface area (TPSA) is 44.4 Å². The van der Waals surface area contributed by atoms with E-state index in [0.29, 0.717) is 0 Å². The maximum Gasteiger partial charge on any atom is 0.404 e. The van der Waals surface area contributed by atoms with Crippen molar-refractivity contribution in [1.82, 2.24) is 15.5 Å². The molecule has 7 heteroatoms. The van der Waals surface area contributed by atoms with Gasteiger partial charge in [-0.2, -0.15) is 13.2 Å². The number of hydrogen-bond acceptors (Lipinski definition) is 3. The minimum Gasteiger partial charge on any atom is -0.354 e. The maximum atomic E-state index is 13.2. The van der Waals surface area contributed by atoms with Crippen LogP contribution in [0, 0.1) is 5.41 Å². The summed E-state index contributed by atoms with van der Waals surface area (Å²) in [6.45, 7) is 4.05. The zero-order chi connectivity index (χ0) is 14.8. The van der Waals surface area contributed by atoms with E-state index >= 15 is 0 Å². The van der Waals surface area contributed by atoms with E-state index in [0.717, 1.165) is 25.9 Å². The van der Waals surface area contributed by atoms with Gasteiger partial charge in [-0.25, -0.2) is 0 Å². The molecule has 2 atom stereocenters. The smallest absolute Gasteiger partial charge is 0.354 e. The summed E-state index contributed by atoms with van der Waals surface area (Å²) >= 11 is 0. The van der Waals surface area contributed by atoms with Gasteiger partial charge in [-0.3, -0.25) is 9.69 Å². The second-order valence-corrected chi connectivity index (χ2v) is 5.81. The Morgan fingerprint density at radius 3 is 2.55 bits per heavy atom. The summed E-state index contributed by atoms with van der Waals surface area (Å²) in [5, 5.41) is 5.16. The zero-order valence-corrected chi connectivity index (χ0v) is 11.7. The van der Waals surface area contributed by atoms with E-state index in [1.165, 1.54) is 0 Å². The normalized spacial score (nSPS) is 29.6. The molecule has 0 radical (unpaired) electrons. The Morgan fingerprint density at radius 2 is 2.05 bits per heavy atom. The van der Waals surface area contributed by atoms with Gasteiger partial charge in [0.1, 0.15) is 0 Å². The molecule has 0 aromatic rings. The first-order valence-corrected chi connectivity index (χ1v) is 7.17. The van der Waals surface area contributed by atoms with Crippen LogP contribution >= 0.6 is 0 Å². The van der Waals surface area contributed by atoms with Crippen LogP contribution in [0.2, 0.25) is 0 Å². The van der Waals surface area contributed by atoms with Crippen molar-refractivity contribution in [2.24, 2.45) is 5.41 Å². The van der Waals surface area contributed by atoms with E-state index in [1.807, 2.05) is 6.92 Å². The van der Waals surface area contributed by atoms with Crippen molar-refractivity contribution in [3.8, 4) is 0 Å². The highest BCUT2D eigenvalue weighted by Gasteiger charge is 2.61. The number of carbonyl (C=O) groups is 1. The van der Waals surface area contributed by atoms with Crippen molar-refractivity contribution in [3.63, 3.8) is 0 Å². The van der Waals surface area contributed by atoms with Crippen molar-refractivity contribution in [1.29, 1.82) is 0 Å². The fraction of sp³-hybridized carbons (Fsp3) is 0.923. The number of alkyl halides is 3. The molecule has 0 bridgehead atoms. The second kappa shape index (κ2) is 5.89. The van der Waals surface area contributed by atoms with Crippen LogP contribution < -0.4 is 10.6 Å². The number of likely N-dealkylation sites (tertiary alicyclic amines) is 1. The van der Waals surface area contributed by atoms with Crippen LogP contribution in [0.15, 0.2) is 0 Å². The molecule has 4 nitrogen and oxygen atoms in total. The van der Waals surface area contributed by atoms with E-state index < -0.39 is 17.5 Å². The van der Waals surface area contributed by atoms with E-state index in [1.54, 1.807) is 0 Å². The lowest BCUT2D eigenvalue weighted by Crippen LogP contribution is -2.54. The molecule has 2 heterocycles. The SMILES string of the molecule is CC(CNC(=O)C1(C(F)(F)F)CCNC1)N1CCCC1. The Bertz CT molecular complexity index is 347. The largest absolute Gasteiger partial charge is 0.404 e. The first-order chi connectivity index (χ1) is 9.37. The van der Waals surface area contributed by atoms with Crippen molar-refractivity contribution >= 4 is 5.91 Å². The van der Waals surface area contributed by atoms with Crippen LogP contribution in [-0.2, 0) is 4.79 Å². The zero-order valence-electron chi connectivity index (χ0n) is 11.7. The Labute approximate surface area is 117 Å². The fourth-order valence-electron chi connectivity index (χ4n) is 2.98. The highest BCUT2D eigenvalue weighted by Crippen LogP contribution is 2.43. The lowest BCUT2D eigenvalue weighted by molar-refractivity contribution is -0.216. The summed E-state index contributed by atoms with van der Waals surface area (Å²) in [5.74, 6) is -0.888. The summed E-state index contributed by atoms with van der Waals surface area (Å²) in [6.07, 6.45) is -2.44. The highest BCUT2D eigenvalue weighted by atomic mass is 19.4. The first-order valence-electron chi connectivity index (χ1n) is 7.17. The number of rotatable bonds is 4. The molecule has 2 unspecified atom stereocenters. The van der Waals surface area contributed by atoms with Gasteiger partial charge in [0, 0.05) is 19.1 Å². The molecule has 2 rings (SSSR count). The summed E-state index contributed by atoms with van der Waals surface area (Å²) in [5.41, 5.74) is -2.25. The Balaban J connectivity index is 1.92. The molecule has 20 heavy (non-hydrogen) atoms. The molecule has 0 aliphatic carbocycles. The van der Waals surface area contributed by atoms with Crippen LogP contribution in [0.4, 0.5) is 13.2 Å². The van der Waals surface area contributed by atoms with Gasteiger partial charge in [0.2, 0.25) is 5.91 Å². The first kappa shape index (κ1) is 15.6. The summed E-state index contributed by atoms with van der Waals surface area (Å²) < 4.78 is 39.5. The number of halogens is 3. The maximum absolute atomic E-state index is 13.2. The molecule has 2 saturated heterocycles. The molecule has 0 spiro atoms. The van der Waals surface area contributed by atoms with Gasteiger partial charge in [-0.05, 0) is 45.8 Å². The second-order valence-electron chi connectivity index (χ2n) is 5.81. The quantitative estimate of drug-likeness (QED) is 0.817. The van der Waals surface area contributed by atoms with Crippen LogP contribution in [0.25, 0.3) is 0 Å². The van der Waals surface area contributed by atoms with Crippen molar-refractivity contribution in [2.45, 2.75) is 38.4 Å². The molecular weight excluding hydrogens is 271 g/mol. The van der Waals surface area contributed by atoms with E-state index in [2.05, 4.69) is 15.5 Å².